The highest BCUT2D eigenvalue weighted by atomic mass is 16.5. The number of nitrogens with one attached hydrogen (secondary N) is 1. The molecule has 1 N–H and O–H groups in total. The van der Waals surface area contributed by atoms with Gasteiger partial charge in [-0.25, -0.2) is 0 Å². The number of morpholine rings is 1. The number of aryl methyl sites for hydroxylation is 1. The molecular weight excluding hydrogens is 250 g/mol. The minimum atomic E-state index is -0.325. The normalized spacial score (nSPS) is 19.6. The van der Waals surface area contributed by atoms with Gasteiger partial charge >= 0.3 is 0 Å². The molecule has 8 heteroatoms. The Kier molecular flexibility index (Phi) is 3.00. The Morgan fingerprint density at radius 3 is 3.16 bits per heavy atom. The van der Waals surface area contributed by atoms with Crippen LogP contribution < -0.4 is 0 Å². The van der Waals surface area contributed by atoms with E-state index in [1.807, 2.05) is 6.92 Å². The zero-order chi connectivity index (χ0) is 13.2. The maximum atomic E-state index is 12.5. The Hall–Kier alpha value is -2.22. The number of carbonyl (C=O) groups is 1. The van der Waals surface area contributed by atoms with Crippen LogP contribution in [0.3, 0.4) is 0 Å². The minimum Gasteiger partial charge on any atom is -0.377 e. The van der Waals surface area contributed by atoms with Crippen LogP contribution in [0.4, 0.5) is 0 Å². The highest BCUT2D eigenvalue weighted by molar-refractivity contribution is 5.95. The van der Waals surface area contributed by atoms with Crippen LogP contribution in [0.15, 0.2) is 17.1 Å². The van der Waals surface area contributed by atoms with Crippen LogP contribution in [-0.2, 0) is 4.74 Å². The van der Waals surface area contributed by atoms with Gasteiger partial charge in [0.1, 0.15) is 6.04 Å². The average Bonchev–Trinajstić information content (AvgIpc) is 3.09. The van der Waals surface area contributed by atoms with E-state index < -0.39 is 0 Å². The van der Waals surface area contributed by atoms with Crippen molar-refractivity contribution in [2.45, 2.75) is 13.0 Å². The lowest BCUT2D eigenvalue weighted by molar-refractivity contribution is -0.00580. The molecule has 0 aliphatic carbocycles. The molecule has 0 spiro atoms. The van der Waals surface area contributed by atoms with Gasteiger partial charge in [0.2, 0.25) is 6.39 Å². The van der Waals surface area contributed by atoms with Gasteiger partial charge < -0.3 is 14.2 Å². The fourth-order valence-electron chi connectivity index (χ4n) is 2.11. The Labute approximate surface area is 108 Å². The maximum absolute atomic E-state index is 12.5. The summed E-state index contributed by atoms with van der Waals surface area (Å²) in [6.45, 7) is 3.16. The molecular formula is C11H13N5O3. The Balaban J connectivity index is 1.89. The van der Waals surface area contributed by atoms with Crippen molar-refractivity contribution in [3.63, 3.8) is 0 Å². The molecule has 0 bridgehead atoms. The largest absolute Gasteiger partial charge is 0.377 e. The van der Waals surface area contributed by atoms with E-state index in [2.05, 4.69) is 20.3 Å². The van der Waals surface area contributed by atoms with E-state index in [9.17, 15) is 4.79 Å². The summed E-state index contributed by atoms with van der Waals surface area (Å²) >= 11 is 0. The number of hydrogen-bond donors (Lipinski definition) is 1. The molecule has 3 heterocycles. The van der Waals surface area contributed by atoms with Crippen molar-refractivity contribution in [1.82, 2.24) is 25.2 Å². The monoisotopic (exact) mass is 263 g/mol. The second-order valence-electron chi connectivity index (χ2n) is 4.29. The molecule has 1 fully saturated rings. The Morgan fingerprint density at radius 1 is 1.58 bits per heavy atom. The topological polar surface area (TPSA) is 97.1 Å². The first-order valence-corrected chi connectivity index (χ1v) is 5.92. The molecule has 1 amide bonds. The van der Waals surface area contributed by atoms with Crippen molar-refractivity contribution < 1.29 is 14.1 Å². The predicted octanol–water partition coefficient (Wildman–Crippen LogP) is 0.315. The second-order valence-corrected chi connectivity index (χ2v) is 4.29. The molecule has 1 unspecified atom stereocenters. The summed E-state index contributed by atoms with van der Waals surface area (Å²) < 4.78 is 10.1. The van der Waals surface area contributed by atoms with Crippen LogP contribution in [0, 0.1) is 6.92 Å². The van der Waals surface area contributed by atoms with E-state index in [4.69, 9.17) is 9.26 Å². The number of aromatic nitrogens is 4. The van der Waals surface area contributed by atoms with Gasteiger partial charge in [-0.05, 0) is 6.92 Å². The summed E-state index contributed by atoms with van der Waals surface area (Å²) in [5.74, 6) is 0.346. The van der Waals surface area contributed by atoms with Gasteiger partial charge in [-0.2, -0.15) is 10.1 Å². The predicted molar refractivity (Wildman–Crippen MR) is 62.2 cm³/mol. The third-order valence-corrected chi connectivity index (χ3v) is 3.13. The molecule has 19 heavy (non-hydrogen) atoms. The third-order valence-electron chi connectivity index (χ3n) is 3.13. The average molecular weight is 263 g/mol. The zero-order valence-corrected chi connectivity index (χ0v) is 10.4. The molecule has 0 radical (unpaired) electrons. The fraction of sp³-hybridized carbons (Fsp3) is 0.455. The van der Waals surface area contributed by atoms with Crippen LogP contribution in [-0.4, -0.2) is 50.9 Å². The summed E-state index contributed by atoms with van der Waals surface area (Å²) in [5.41, 5.74) is 1.29. The van der Waals surface area contributed by atoms with E-state index >= 15 is 0 Å². The molecule has 0 saturated carbocycles. The lowest BCUT2D eigenvalue weighted by atomic mass is 10.1. The number of hydrogen-bond acceptors (Lipinski definition) is 6. The molecule has 0 aromatic carbocycles. The smallest absolute Gasteiger partial charge is 0.258 e. The van der Waals surface area contributed by atoms with E-state index in [1.165, 1.54) is 12.6 Å². The van der Waals surface area contributed by atoms with Gasteiger partial charge in [0.15, 0.2) is 5.82 Å². The number of H-pyrrole nitrogens is 1. The van der Waals surface area contributed by atoms with Crippen molar-refractivity contribution in [2.75, 3.05) is 19.8 Å². The van der Waals surface area contributed by atoms with Crippen LogP contribution in [0.25, 0.3) is 0 Å². The first-order chi connectivity index (χ1) is 9.27. The summed E-state index contributed by atoms with van der Waals surface area (Å²) in [6, 6.07) is -0.325. The van der Waals surface area contributed by atoms with Crippen molar-refractivity contribution in [3.05, 3.63) is 29.7 Å². The minimum absolute atomic E-state index is 0.107. The first kappa shape index (κ1) is 11.8. The summed E-state index contributed by atoms with van der Waals surface area (Å²) in [7, 11) is 0. The van der Waals surface area contributed by atoms with Gasteiger partial charge in [0.25, 0.3) is 5.91 Å². The van der Waals surface area contributed by atoms with Crippen LogP contribution in [0.1, 0.15) is 27.9 Å². The van der Waals surface area contributed by atoms with Gasteiger partial charge in [0, 0.05) is 12.2 Å². The van der Waals surface area contributed by atoms with E-state index in [0.29, 0.717) is 31.1 Å². The third kappa shape index (κ3) is 2.10. The molecule has 1 saturated heterocycles. The lowest BCUT2D eigenvalue weighted by Gasteiger charge is -2.33. The standard InChI is InChI=1S/C11H13N5O3/c1-7-8(4-13-14-7)11(17)16-2-3-18-5-9(16)10-12-6-19-15-10/h4,6,9H,2-3,5H2,1H3,(H,13,14). The molecule has 3 rings (SSSR count). The van der Waals surface area contributed by atoms with Crippen molar-refractivity contribution >= 4 is 5.91 Å². The number of rotatable bonds is 2. The molecule has 2 aromatic rings. The van der Waals surface area contributed by atoms with Crippen LogP contribution in [0.5, 0.6) is 0 Å². The maximum Gasteiger partial charge on any atom is 0.258 e. The van der Waals surface area contributed by atoms with Crippen molar-refractivity contribution in [2.24, 2.45) is 0 Å². The van der Waals surface area contributed by atoms with Gasteiger partial charge in [0.05, 0.1) is 25.0 Å². The molecule has 8 nitrogen and oxygen atoms in total. The number of aromatic amines is 1. The lowest BCUT2D eigenvalue weighted by Crippen LogP contribution is -2.44. The summed E-state index contributed by atoms with van der Waals surface area (Å²) in [4.78, 5) is 18.2. The van der Waals surface area contributed by atoms with Crippen molar-refractivity contribution in [1.29, 1.82) is 0 Å². The Bertz CT molecular complexity index is 565. The van der Waals surface area contributed by atoms with Gasteiger partial charge in [-0.1, -0.05) is 5.16 Å². The van der Waals surface area contributed by atoms with Gasteiger partial charge in [-0.15, -0.1) is 0 Å². The molecule has 1 aliphatic rings. The van der Waals surface area contributed by atoms with Crippen molar-refractivity contribution in [3.8, 4) is 0 Å². The Morgan fingerprint density at radius 2 is 2.47 bits per heavy atom. The number of ether oxygens (including phenoxy) is 1. The summed E-state index contributed by atoms with van der Waals surface area (Å²) in [5, 5.41) is 10.4. The first-order valence-electron chi connectivity index (χ1n) is 5.92. The number of amides is 1. The van der Waals surface area contributed by atoms with Gasteiger partial charge in [-0.3, -0.25) is 9.89 Å². The molecule has 1 atom stereocenters. The van der Waals surface area contributed by atoms with E-state index in [1.54, 1.807) is 4.90 Å². The number of nitrogens with zero attached hydrogens (tertiary/aromatic N) is 4. The van der Waals surface area contributed by atoms with E-state index in [-0.39, 0.29) is 11.9 Å². The highest BCUT2D eigenvalue weighted by Gasteiger charge is 2.33. The molecule has 2 aromatic heterocycles. The molecule has 100 valence electrons. The quantitative estimate of drug-likeness (QED) is 0.837. The summed E-state index contributed by atoms with van der Waals surface area (Å²) in [6.07, 6.45) is 2.77. The second kappa shape index (κ2) is 4.81. The highest BCUT2D eigenvalue weighted by Crippen LogP contribution is 2.23. The van der Waals surface area contributed by atoms with Crippen LogP contribution >= 0.6 is 0 Å². The fourth-order valence-corrected chi connectivity index (χ4v) is 2.11. The van der Waals surface area contributed by atoms with Crippen LogP contribution in [0.2, 0.25) is 0 Å². The number of carbonyl (C=O) groups excluding carboxylic acids is 1. The SMILES string of the molecule is Cc1[nH]ncc1C(=O)N1CCOCC1c1ncon1. The zero-order valence-electron chi connectivity index (χ0n) is 10.4. The molecule has 1 aliphatic heterocycles. The van der Waals surface area contributed by atoms with E-state index in [0.717, 1.165) is 5.69 Å².